The number of nitrogens with zero attached hydrogens (tertiary/aromatic N) is 1. The predicted molar refractivity (Wildman–Crippen MR) is 88.3 cm³/mol. The number of thioether (sulfide) groups is 1. The second-order valence-corrected chi connectivity index (χ2v) is 6.21. The van der Waals surface area contributed by atoms with E-state index in [0.717, 1.165) is 5.56 Å². The topological polar surface area (TPSA) is 66.8 Å². The summed E-state index contributed by atoms with van der Waals surface area (Å²) in [6.45, 7) is 0.872. The lowest BCUT2D eigenvalue weighted by Gasteiger charge is -2.12. The highest BCUT2D eigenvalue weighted by atomic mass is 32.2. The molecule has 1 heterocycles. The van der Waals surface area contributed by atoms with Crippen molar-refractivity contribution in [3.8, 4) is 0 Å². The highest BCUT2D eigenvalue weighted by Gasteiger charge is 2.31. The Bertz CT molecular complexity index is 601. The molecule has 5 nitrogen and oxygen atoms in total. The Kier molecular flexibility index (Phi) is 6.11. The smallest absolute Gasteiger partial charge is 0.305 e. The molecule has 0 unspecified atom stereocenters. The number of hydrogen-bond donors (Lipinski definition) is 1. The number of aliphatic carboxylic acids is 1. The summed E-state index contributed by atoms with van der Waals surface area (Å²) in [7, 11) is 0. The fraction of sp³-hybridized carbons (Fsp3) is 0.267. The molecule has 0 radical (unpaired) electrons. The van der Waals surface area contributed by atoms with E-state index in [1.165, 1.54) is 16.7 Å². The molecule has 1 aliphatic heterocycles. The first-order chi connectivity index (χ1) is 10.6. The molecule has 0 spiro atoms. The van der Waals surface area contributed by atoms with Crippen molar-refractivity contribution >= 4 is 40.2 Å². The van der Waals surface area contributed by atoms with Crippen molar-refractivity contribution in [2.24, 2.45) is 0 Å². The summed E-state index contributed by atoms with van der Waals surface area (Å²) >= 11 is 6.27. The van der Waals surface area contributed by atoms with Crippen molar-refractivity contribution in [1.29, 1.82) is 0 Å². The molecule has 1 saturated heterocycles. The molecule has 1 N–H and O–H groups in total. The summed E-state index contributed by atoms with van der Waals surface area (Å²) in [5, 5.41) is 8.67. The van der Waals surface area contributed by atoms with E-state index >= 15 is 0 Å². The summed E-state index contributed by atoms with van der Waals surface area (Å²) < 4.78 is 5.89. The standard InChI is InChI=1S/C15H15NO4S2/c17-13(18)6-8-16-14(19)12(22-15(16)21)7-9-20-10-11-4-2-1-3-5-11/h1-5,7H,6,8-10H2,(H,17,18)/b12-7-. The molecule has 1 aromatic carbocycles. The molecule has 116 valence electrons. The van der Waals surface area contributed by atoms with E-state index in [2.05, 4.69) is 0 Å². The van der Waals surface area contributed by atoms with Crippen LogP contribution in [0.4, 0.5) is 0 Å². The average molecular weight is 337 g/mol. The van der Waals surface area contributed by atoms with E-state index in [1.54, 1.807) is 6.08 Å². The van der Waals surface area contributed by atoms with Crippen molar-refractivity contribution in [2.75, 3.05) is 13.2 Å². The zero-order chi connectivity index (χ0) is 15.9. The van der Waals surface area contributed by atoms with Crippen LogP contribution in [-0.4, -0.2) is 39.4 Å². The summed E-state index contributed by atoms with van der Waals surface area (Å²) in [5.74, 6) is -1.20. The van der Waals surface area contributed by atoms with Crippen LogP contribution in [0.25, 0.3) is 0 Å². The highest BCUT2D eigenvalue weighted by molar-refractivity contribution is 8.26. The maximum atomic E-state index is 12.1. The van der Waals surface area contributed by atoms with Crippen LogP contribution in [0.2, 0.25) is 0 Å². The van der Waals surface area contributed by atoms with Crippen LogP contribution in [0.1, 0.15) is 12.0 Å². The van der Waals surface area contributed by atoms with Gasteiger partial charge in [-0.05, 0) is 11.6 Å². The molecule has 0 aliphatic carbocycles. The van der Waals surface area contributed by atoms with Gasteiger partial charge in [0, 0.05) is 6.54 Å². The fourth-order valence-electron chi connectivity index (χ4n) is 1.82. The monoisotopic (exact) mass is 337 g/mol. The van der Waals surface area contributed by atoms with Gasteiger partial charge in [0.2, 0.25) is 0 Å². The zero-order valence-electron chi connectivity index (χ0n) is 11.7. The van der Waals surface area contributed by atoms with E-state index < -0.39 is 5.97 Å². The Morgan fingerprint density at radius 3 is 2.77 bits per heavy atom. The molecule has 0 aromatic heterocycles. The Labute approximate surface area is 137 Å². The molecule has 2 rings (SSSR count). The first kappa shape index (κ1) is 16.7. The number of benzene rings is 1. The van der Waals surface area contributed by atoms with E-state index in [0.29, 0.717) is 22.4 Å². The summed E-state index contributed by atoms with van der Waals surface area (Å²) in [6, 6.07) is 9.74. The van der Waals surface area contributed by atoms with Crippen molar-refractivity contribution in [3.63, 3.8) is 0 Å². The largest absolute Gasteiger partial charge is 0.481 e. The Morgan fingerprint density at radius 1 is 1.36 bits per heavy atom. The van der Waals surface area contributed by atoms with E-state index in [9.17, 15) is 9.59 Å². The van der Waals surface area contributed by atoms with Gasteiger partial charge in [-0.3, -0.25) is 14.5 Å². The molecular formula is C15H15NO4S2. The van der Waals surface area contributed by atoms with Gasteiger partial charge in [-0.25, -0.2) is 0 Å². The van der Waals surface area contributed by atoms with Gasteiger partial charge in [-0.1, -0.05) is 54.3 Å². The van der Waals surface area contributed by atoms with Crippen molar-refractivity contribution in [2.45, 2.75) is 13.0 Å². The molecule has 1 aromatic rings. The van der Waals surface area contributed by atoms with Crippen molar-refractivity contribution < 1.29 is 19.4 Å². The number of amides is 1. The number of carbonyl (C=O) groups excluding carboxylic acids is 1. The van der Waals surface area contributed by atoms with E-state index in [4.69, 9.17) is 22.1 Å². The first-order valence-corrected chi connectivity index (χ1v) is 7.87. The third-order valence-electron chi connectivity index (χ3n) is 2.92. The number of carbonyl (C=O) groups is 2. The molecule has 1 fully saturated rings. The number of carboxylic acid groups (broad SMARTS) is 1. The minimum absolute atomic E-state index is 0.0994. The maximum Gasteiger partial charge on any atom is 0.305 e. The Hall–Kier alpha value is -1.70. The van der Waals surface area contributed by atoms with E-state index in [1.807, 2.05) is 30.3 Å². The lowest BCUT2D eigenvalue weighted by atomic mass is 10.2. The molecule has 0 saturated carbocycles. The van der Waals surface area contributed by atoms with Gasteiger partial charge in [0.05, 0.1) is 24.5 Å². The van der Waals surface area contributed by atoms with Crippen LogP contribution in [0, 0.1) is 0 Å². The van der Waals surface area contributed by atoms with Crippen LogP contribution in [0.3, 0.4) is 0 Å². The number of rotatable bonds is 7. The summed E-state index contributed by atoms with van der Waals surface area (Å²) in [6.07, 6.45) is 1.56. The van der Waals surface area contributed by atoms with Gasteiger partial charge < -0.3 is 9.84 Å². The van der Waals surface area contributed by atoms with Crippen LogP contribution in [0.5, 0.6) is 0 Å². The molecule has 7 heteroatoms. The maximum absolute atomic E-state index is 12.1. The summed E-state index contributed by atoms with van der Waals surface area (Å²) in [5.41, 5.74) is 1.06. The number of carboxylic acids is 1. The molecule has 22 heavy (non-hydrogen) atoms. The lowest BCUT2D eigenvalue weighted by Crippen LogP contribution is -2.30. The Balaban J connectivity index is 1.83. The zero-order valence-corrected chi connectivity index (χ0v) is 13.4. The predicted octanol–water partition coefficient (Wildman–Crippen LogP) is 2.42. The lowest BCUT2D eigenvalue weighted by molar-refractivity contribution is -0.137. The SMILES string of the molecule is O=C(O)CCN1C(=O)/C(=C/COCc2ccccc2)SC1=S. The fourth-order valence-corrected chi connectivity index (χ4v) is 3.09. The van der Waals surface area contributed by atoms with E-state index in [-0.39, 0.29) is 18.9 Å². The van der Waals surface area contributed by atoms with Crippen molar-refractivity contribution in [3.05, 3.63) is 46.9 Å². The Morgan fingerprint density at radius 2 is 2.09 bits per heavy atom. The number of ether oxygens (including phenoxy) is 1. The van der Waals surface area contributed by atoms with Crippen LogP contribution < -0.4 is 0 Å². The average Bonchev–Trinajstić information content (AvgIpc) is 2.77. The molecule has 1 amide bonds. The van der Waals surface area contributed by atoms with Crippen molar-refractivity contribution in [1.82, 2.24) is 4.90 Å². The van der Waals surface area contributed by atoms with Gasteiger partial charge in [-0.2, -0.15) is 0 Å². The second kappa shape index (κ2) is 8.07. The highest BCUT2D eigenvalue weighted by Crippen LogP contribution is 2.30. The van der Waals surface area contributed by atoms with Gasteiger partial charge in [0.1, 0.15) is 4.32 Å². The molecule has 1 aliphatic rings. The quantitative estimate of drug-likeness (QED) is 0.468. The van der Waals surface area contributed by atoms with Gasteiger partial charge in [-0.15, -0.1) is 0 Å². The number of hydrogen-bond acceptors (Lipinski definition) is 5. The molecular weight excluding hydrogens is 322 g/mol. The van der Waals surface area contributed by atoms with Gasteiger partial charge in [0.15, 0.2) is 0 Å². The van der Waals surface area contributed by atoms with Gasteiger partial charge >= 0.3 is 5.97 Å². The van der Waals surface area contributed by atoms with Crippen LogP contribution in [0.15, 0.2) is 41.3 Å². The number of thiocarbonyl (C=S) groups is 1. The third-order valence-corrected chi connectivity index (χ3v) is 4.35. The third kappa shape index (κ3) is 4.66. The molecule has 0 bridgehead atoms. The minimum atomic E-state index is -0.954. The van der Waals surface area contributed by atoms with Crippen LogP contribution in [-0.2, 0) is 20.9 Å². The van der Waals surface area contributed by atoms with Crippen LogP contribution >= 0.6 is 24.0 Å². The van der Waals surface area contributed by atoms with Gasteiger partial charge in [0.25, 0.3) is 5.91 Å². The first-order valence-electron chi connectivity index (χ1n) is 6.65. The second-order valence-electron chi connectivity index (χ2n) is 4.54. The normalized spacial score (nSPS) is 16.5. The summed E-state index contributed by atoms with van der Waals surface area (Å²) in [4.78, 5) is 24.5. The minimum Gasteiger partial charge on any atom is -0.481 e. The molecule has 0 atom stereocenters.